The molecule has 1 aromatic carbocycles. The summed E-state index contributed by atoms with van der Waals surface area (Å²) in [5.41, 5.74) is -0.0765. The molecule has 2 aromatic rings. The molecule has 6 nitrogen and oxygen atoms in total. The summed E-state index contributed by atoms with van der Waals surface area (Å²) in [4.78, 5) is 16.4. The van der Waals surface area contributed by atoms with E-state index in [-0.39, 0.29) is 5.91 Å². The summed E-state index contributed by atoms with van der Waals surface area (Å²) < 4.78 is 1.89. The quantitative estimate of drug-likeness (QED) is 0.853. The molecule has 1 atom stereocenters. The van der Waals surface area contributed by atoms with Gasteiger partial charge in [0.25, 0.3) is 5.91 Å². The van der Waals surface area contributed by atoms with Crippen molar-refractivity contribution < 1.29 is 9.90 Å². The smallest absolute Gasteiger partial charge is 0.256 e. The summed E-state index contributed by atoms with van der Waals surface area (Å²) in [6.07, 6.45) is 4.49. The lowest BCUT2D eigenvalue weighted by Gasteiger charge is -2.27. The number of amides is 1. The minimum atomic E-state index is -1.27. The van der Waals surface area contributed by atoms with Gasteiger partial charge in [0.15, 0.2) is 11.4 Å². The van der Waals surface area contributed by atoms with Crippen molar-refractivity contribution in [3.05, 3.63) is 48.2 Å². The van der Waals surface area contributed by atoms with E-state index in [4.69, 9.17) is 0 Å². The van der Waals surface area contributed by atoms with Gasteiger partial charge in [-0.1, -0.05) is 58.0 Å². The van der Waals surface area contributed by atoms with E-state index in [0.29, 0.717) is 26.1 Å². The number of anilines is 1. The summed E-state index contributed by atoms with van der Waals surface area (Å²) in [7, 11) is 0. The first kappa shape index (κ1) is 22.9. The molecule has 2 fully saturated rings. The van der Waals surface area contributed by atoms with Crippen LogP contribution in [-0.2, 0) is 11.3 Å². The average molecular weight is 401 g/mol. The number of likely N-dealkylation sites (tertiary alicyclic amines) is 1. The summed E-state index contributed by atoms with van der Waals surface area (Å²) >= 11 is 0. The van der Waals surface area contributed by atoms with Crippen LogP contribution in [0, 0.1) is 0 Å². The standard InChI is InChI=1S/C19H24N4O2.2C2H6/c24-18(21-10-4-5-11-21)19(25)9-13-22(15-19)17-8-12-23(20-17)14-16-6-2-1-3-7-16;2*1-2/h1-3,6-8,12,25H,4-5,9-11,13-15H2;2*1-2H3. The Morgan fingerprint density at radius 3 is 2.34 bits per heavy atom. The highest BCUT2D eigenvalue weighted by molar-refractivity contribution is 5.86. The van der Waals surface area contributed by atoms with Crippen molar-refractivity contribution in [3.8, 4) is 0 Å². The predicted octanol–water partition coefficient (Wildman–Crippen LogP) is 3.55. The van der Waals surface area contributed by atoms with Gasteiger partial charge in [-0.05, 0) is 18.4 Å². The zero-order chi connectivity index (χ0) is 21.3. The Balaban J connectivity index is 0.000000707. The monoisotopic (exact) mass is 400 g/mol. The fraction of sp³-hybridized carbons (Fsp3) is 0.565. The number of benzene rings is 1. The summed E-state index contributed by atoms with van der Waals surface area (Å²) in [6.45, 7) is 11.2. The van der Waals surface area contributed by atoms with Gasteiger partial charge in [-0.2, -0.15) is 5.10 Å². The van der Waals surface area contributed by atoms with Crippen LogP contribution in [0.5, 0.6) is 0 Å². The van der Waals surface area contributed by atoms with E-state index in [2.05, 4.69) is 17.2 Å². The lowest BCUT2D eigenvalue weighted by atomic mass is 10.0. The molecule has 2 aliphatic rings. The van der Waals surface area contributed by atoms with Crippen molar-refractivity contribution in [2.75, 3.05) is 31.1 Å². The number of nitrogens with zero attached hydrogens (tertiary/aromatic N) is 4. The highest BCUT2D eigenvalue weighted by Gasteiger charge is 2.46. The number of β-amino-alcohol motifs (C(OH)–C–C–N with tert-alkyl or cyclic N) is 1. The highest BCUT2D eigenvalue weighted by Crippen LogP contribution is 2.28. The third-order valence-corrected chi connectivity index (χ3v) is 5.18. The Hall–Kier alpha value is -2.34. The fourth-order valence-corrected chi connectivity index (χ4v) is 3.76. The van der Waals surface area contributed by atoms with Crippen LogP contribution in [-0.4, -0.2) is 57.5 Å². The molecular formula is C23H36N4O2. The number of carbonyl (C=O) groups excluding carboxylic acids is 1. The van der Waals surface area contributed by atoms with Crippen molar-refractivity contribution in [1.29, 1.82) is 0 Å². The molecule has 0 aliphatic carbocycles. The first-order valence-corrected chi connectivity index (χ1v) is 11.0. The van der Waals surface area contributed by atoms with Gasteiger partial charge in [0.05, 0.1) is 13.1 Å². The number of hydrogen-bond donors (Lipinski definition) is 1. The van der Waals surface area contributed by atoms with Gasteiger partial charge in [-0.25, -0.2) is 0 Å². The SMILES string of the molecule is CC.CC.O=C(N1CCCC1)C1(O)CCN(c2ccn(Cc3ccccc3)n2)C1. The first-order valence-electron chi connectivity index (χ1n) is 11.0. The zero-order valence-electron chi connectivity index (χ0n) is 18.3. The lowest BCUT2D eigenvalue weighted by Crippen LogP contribution is -2.49. The Morgan fingerprint density at radius 2 is 1.69 bits per heavy atom. The van der Waals surface area contributed by atoms with Gasteiger partial charge in [0, 0.05) is 38.3 Å². The Morgan fingerprint density at radius 1 is 1.03 bits per heavy atom. The number of aromatic nitrogens is 2. The number of aliphatic hydroxyl groups is 1. The highest BCUT2D eigenvalue weighted by atomic mass is 16.3. The van der Waals surface area contributed by atoms with Crippen LogP contribution in [0.4, 0.5) is 5.82 Å². The Kier molecular flexibility index (Phi) is 8.70. The molecule has 1 amide bonds. The second kappa shape index (κ2) is 11.0. The van der Waals surface area contributed by atoms with Crippen LogP contribution in [0.25, 0.3) is 0 Å². The second-order valence-electron chi connectivity index (χ2n) is 7.06. The maximum atomic E-state index is 12.6. The van der Waals surface area contributed by atoms with E-state index in [1.807, 2.05) is 67.7 Å². The van der Waals surface area contributed by atoms with Crippen molar-refractivity contribution in [2.45, 2.75) is 59.1 Å². The van der Waals surface area contributed by atoms with E-state index < -0.39 is 5.60 Å². The number of carbonyl (C=O) groups is 1. The molecule has 6 heteroatoms. The van der Waals surface area contributed by atoms with Gasteiger partial charge >= 0.3 is 0 Å². The molecular weight excluding hydrogens is 364 g/mol. The predicted molar refractivity (Wildman–Crippen MR) is 118 cm³/mol. The van der Waals surface area contributed by atoms with Crippen LogP contribution in [0.3, 0.4) is 0 Å². The molecule has 2 saturated heterocycles. The van der Waals surface area contributed by atoms with Crippen LogP contribution >= 0.6 is 0 Å². The maximum Gasteiger partial charge on any atom is 0.256 e. The van der Waals surface area contributed by atoms with Crippen LogP contribution < -0.4 is 4.90 Å². The molecule has 0 radical (unpaired) electrons. The normalized spacial score (nSPS) is 20.6. The van der Waals surface area contributed by atoms with Crippen LogP contribution in [0.2, 0.25) is 0 Å². The third kappa shape index (κ3) is 5.60. The van der Waals surface area contributed by atoms with Crippen molar-refractivity contribution >= 4 is 11.7 Å². The van der Waals surface area contributed by atoms with E-state index in [0.717, 1.165) is 31.7 Å². The van der Waals surface area contributed by atoms with Crippen molar-refractivity contribution in [1.82, 2.24) is 14.7 Å². The third-order valence-electron chi connectivity index (χ3n) is 5.18. The average Bonchev–Trinajstić information content (AvgIpc) is 3.53. The van der Waals surface area contributed by atoms with E-state index in [1.165, 1.54) is 5.56 Å². The van der Waals surface area contributed by atoms with Gasteiger partial charge in [-0.3, -0.25) is 9.48 Å². The summed E-state index contributed by atoms with van der Waals surface area (Å²) in [5, 5.41) is 15.4. The Labute approximate surface area is 175 Å². The largest absolute Gasteiger partial charge is 0.378 e. The molecule has 160 valence electrons. The second-order valence-corrected chi connectivity index (χ2v) is 7.06. The zero-order valence-corrected chi connectivity index (χ0v) is 18.3. The van der Waals surface area contributed by atoms with Crippen molar-refractivity contribution in [2.24, 2.45) is 0 Å². The van der Waals surface area contributed by atoms with E-state index in [1.54, 1.807) is 4.90 Å². The molecule has 0 bridgehead atoms. The molecule has 3 heterocycles. The fourth-order valence-electron chi connectivity index (χ4n) is 3.76. The van der Waals surface area contributed by atoms with Crippen LogP contribution in [0.1, 0.15) is 52.5 Å². The summed E-state index contributed by atoms with van der Waals surface area (Å²) in [6, 6.07) is 12.1. The minimum absolute atomic E-state index is 0.115. The lowest BCUT2D eigenvalue weighted by molar-refractivity contribution is -0.147. The molecule has 2 aliphatic heterocycles. The molecule has 1 N–H and O–H groups in total. The molecule has 0 saturated carbocycles. The minimum Gasteiger partial charge on any atom is -0.378 e. The number of hydrogen-bond acceptors (Lipinski definition) is 4. The molecule has 29 heavy (non-hydrogen) atoms. The van der Waals surface area contributed by atoms with Gasteiger partial charge in [-0.15, -0.1) is 0 Å². The molecule has 1 aromatic heterocycles. The Bertz CT molecular complexity index is 740. The molecule has 1 unspecified atom stereocenters. The van der Waals surface area contributed by atoms with Gasteiger partial charge < -0.3 is 14.9 Å². The van der Waals surface area contributed by atoms with Gasteiger partial charge in [0.1, 0.15) is 0 Å². The van der Waals surface area contributed by atoms with E-state index >= 15 is 0 Å². The van der Waals surface area contributed by atoms with Gasteiger partial charge in [0.2, 0.25) is 0 Å². The first-order chi connectivity index (χ1) is 14.1. The van der Waals surface area contributed by atoms with Crippen LogP contribution in [0.15, 0.2) is 42.6 Å². The topological polar surface area (TPSA) is 61.6 Å². The summed E-state index contributed by atoms with van der Waals surface area (Å²) in [5.74, 6) is 0.706. The molecule has 4 rings (SSSR count). The maximum absolute atomic E-state index is 12.6. The van der Waals surface area contributed by atoms with Crippen molar-refractivity contribution in [3.63, 3.8) is 0 Å². The number of rotatable bonds is 4. The molecule has 0 spiro atoms. The van der Waals surface area contributed by atoms with E-state index in [9.17, 15) is 9.90 Å².